The van der Waals surface area contributed by atoms with Gasteiger partial charge in [0, 0.05) is 13.3 Å². The molecule has 2 N–H and O–H groups in total. The molecule has 4 saturated carbocycles. The first-order chi connectivity index (χ1) is 16.7. The van der Waals surface area contributed by atoms with E-state index in [4.69, 9.17) is 9.47 Å². The normalized spacial score (nSPS) is 45.1. The maximum Gasteiger partial charge on any atom is 0.306 e. The largest absolute Gasteiger partial charge is 0.463 e. The van der Waals surface area contributed by atoms with Gasteiger partial charge in [-0.15, -0.1) is 0 Å². The van der Waals surface area contributed by atoms with Crippen LogP contribution in [0.1, 0.15) is 106 Å². The molecular formula is C30H50O6. The fourth-order valence-corrected chi connectivity index (χ4v) is 9.40. The van der Waals surface area contributed by atoms with E-state index in [9.17, 15) is 19.8 Å². The third kappa shape index (κ3) is 4.98. The lowest BCUT2D eigenvalue weighted by atomic mass is 9.43. The van der Waals surface area contributed by atoms with Gasteiger partial charge in [-0.25, -0.2) is 0 Å². The molecular weight excluding hydrogens is 456 g/mol. The van der Waals surface area contributed by atoms with Gasteiger partial charge in [-0.3, -0.25) is 9.59 Å². The van der Waals surface area contributed by atoms with Crippen molar-refractivity contribution in [3.8, 4) is 0 Å². The molecule has 0 saturated heterocycles. The third-order valence-electron chi connectivity index (χ3n) is 11.1. The quantitative estimate of drug-likeness (QED) is 0.493. The van der Waals surface area contributed by atoms with Crippen molar-refractivity contribution in [1.29, 1.82) is 0 Å². The molecule has 4 aliphatic carbocycles. The average Bonchev–Trinajstić information content (AvgIpc) is 3.11. The van der Waals surface area contributed by atoms with E-state index in [2.05, 4.69) is 20.8 Å². The van der Waals surface area contributed by atoms with E-state index in [0.29, 0.717) is 30.1 Å². The Bertz CT molecular complexity index is 834. The van der Waals surface area contributed by atoms with Crippen LogP contribution in [0.2, 0.25) is 0 Å². The van der Waals surface area contributed by atoms with Gasteiger partial charge in [0.15, 0.2) is 0 Å². The van der Waals surface area contributed by atoms with Crippen LogP contribution in [0, 0.1) is 46.3 Å². The number of ether oxygens (including phenoxy) is 2. The highest BCUT2D eigenvalue weighted by molar-refractivity contribution is 5.69. The van der Waals surface area contributed by atoms with Crippen LogP contribution in [0.3, 0.4) is 0 Å². The monoisotopic (exact) mass is 506 g/mol. The van der Waals surface area contributed by atoms with Crippen LogP contribution >= 0.6 is 0 Å². The molecule has 4 rings (SSSR count). The van der Waals surface area contributed by atoms with Crippen LogP contribution in [-0.2, 0) is 19.1 Å². The lowest BCUT2D eigenvalue weighted by Crippen LogP contribution is -2.62. The Hall–Kier alpha value is -1.14. The van der Waals surface area contributed by atoms with E-state index in [0.717, 1.165) is 51.4 Å². The number of hydrogen-bond acceptors (Lipinski definition) is 6. The molecule has 0 spiro atoms. The number of aliphatic hydroxyl groups excluding tert-OH is 2. The minimum absolute atomic E-state index is 0.0511. The second-order valence-electron chi connectivity index (χ2n) is 14.2. The first-order valence-electron chi connectivity index (χ1n) is 14.4. The van der Waals surface area contributed by atoms with E-state index in [1.807, 2.05) is 20.8 Å². The lowest BCUT2D eigenvalue weighted by Gasteiger charge is -2.63. The Balaban J connectivity index is 1.49. The molecule has 6 heteroatoms. The summed E-state index contributed by atoms with van der Waals surface area (Å²) in [6.45, 7) is 14.0. The number of hydrogen-bond donors (Lipinski definition) is 2. The zero-order valence-corrected chi connectivity index (χ0v) is 23.6. The predicted molar refractivity (Wildman–Crippen MR) is 138 cm³/mol. The molecule has 0 aromatic rings. The maximum absolute atomic E-state index is 12.4. The van der Waals surface area contributed by atoms with Crippen LogP contribution in [0.25, 0.3) is 0 Å². The molecule has 11 atom stereocenters. The summed E-state index contributed by atoms with van der Waals surface area (Å²) in [5.74, 6) is 1.36. The highest BCUT2D eigenvalue weighted by atomic mass is 16.6. The third-order valence-corrected chi connectivity index (χ3v) is 11.1. The zero-order chi connectivity index (χ0) is 26.6. The minimum Gasteiger partial charge on any atom is -0.463 e. The van der Waals surface area contributed by atoms with Gasteiger partial charge in [-0.05, 0) is 118 Å². The summed E-state index contributed by atoms with van der Waals surface area (Å²) < 4.78 is 11.1. The second-order valence-corrected chi connectivity index (χ2v) is 14.2. The van der Waals surface area contributed by atoms with Crippen LogP contribution in [0.15, 0.2) is 0 Å². The van der Waals surface area contributed by atoms with Gasteiger partial charge in [-0.2, -0.15) is 0 Å². The SMILES string of the molecule is CC(=O)OC1CCC2(C)C(C1)CC(O)C1C2CC(O)C2(C)C(C(C)CCC(=O)OC(C)(C)C)CCC12. The lowest BCUT2D eigenvalue weighted by molar-refractivity contribution is -0.209. The average molecular weight is 507 g/mol. The molecule has 206 valence electrons. The molecule has 0 amide bonds. The Morgan fingerprint density at radius 3 is 2.36 bits per heavy atom. The van der Waals surface area contributed by atoms with E-state index < -0.39 is 11.7 Å². The highest BCUT2D eigenvalue weighted by Gasteiger charge is 2.65. The molecule has 0 heterocycles. The number of carbonyl (C=O) groups excluding carboxylic acids is 2. The van der Waals surface area contributed by atoms with E-state index >= 15 is 0 Å². The van der Waals surface area contributed by atoms with Crippen molar-refractivity contribution >= 4 is 11.9 Å². The number of rotatable bonds is 5. The van der Waals surface area contributed by atoms with Gasteiger partial charge in [-0.1, -0.05) is 20.8 Å². The highest BCUT2D eigenvalue weighted by Crippen LogP contribution is 2.68. The summed E-state index contributed by atoms with van der Waals surface area (Å²) >= 11 is 0. The van der Waals surface area contributed by atoms with Gasteiger partial charge in [0.2, 0.25) is 0 Å². The van der Waals surface area contributed by atoms with Crippen molar-refractivity contribution in [2.75, 3.05) is 0 Å². The van der Waals surface area contributed by atoms with E-state index in [1.54, 1.807) is 0 Å². The van der Waals surface area contributed by atoms with Gasteiger partial charge < -0.3 is 19.7 Å². The Morgan fingerprint density at radius 1 is 1.03 bits per heavy atom. The molecule has 4 fully saturated rings. The van der Waals surface area contributed by atoms with Gasteiger partial charge in [0.1, 0.15) is 11.7 Å². The molecule has 0 aliphatic heterocycles. The predicted octanol–water partition coefficient (Wildman–Crippen LogP) is 5.28. The van der Waals surface area contributed by atoms with E-state index in [1.165, 1.54) is 6.92 Å². The molecule has 0 bridgehead atoms. The molecule has 6 nitrogen and oxygen atoms in total. The van der Waals surface area contributed by atoms with Crippen molar-refractivity contribution in [3.63, 3.8) is 0 Å². The van der Waals surface area contributed by atoms with Gasteiger partial charge in [0.05, 0.1) is 12.2 Å². The first-order valence-corrected chi connectivity index (χ1v) is 14.4. The van der Waals surface area contributed by atoms with Gasteiger partial charge >= 0.3 is 11.9 Å². The molecule has 11 unspecified atom stereocenters. The Labute approximate surface area is 217 Å². The zero-order valence-electron chi connectivity index (χ0n) is 23.6. The summed E-state index contributed by atoms with van der Waals surface area (Å²) in [5.41, 5.74) is -0.654. The molecule has 0 aromatic carbocycles. The number of esters is 2. The number of fused-ring (bicyclic) bond motifs is 5. The summed E-state index contributed by atoms with van der Waals surface area (Å²) in [6, 6.07) is 0. The van der Waals surface area contributed by atoms with Crippen molar-refractivity contribution in [2.45, 2.75) is 130 Å². The molecule has 36 heavy (non-hydrogen) atoms. The van der Waals surface area contributed by atoms with Crippen molar-refractivity contribution < 1.29 is 29.3 Å². The van der Waals surface area contributed by atoms with Crippen LogP contribution < -0.4 is 0 Å². The summed E-state index contributed by atoms with van der Waals surface area (Å²) in [7, 11) is 0. The molecule has 4 aliphatic rings. The Morgan fingerprint density at radius 2 is 1.72 bits per heavy atom. The topological polar surface area (TPSA) is 93.1 Å². The first kappa shape index (κ1) is 27.9. The maximum atomic E-state index is 12.4. The minimum atomic E-state index is -0.470. The van der Waals surface area contributed by atoms with Crippen molar-refractivity contribution in [3.05, 3.63) is 0 Å². The molecule has 0 aromatic heterocycles. The standard InChI is InChI=1S/C30H50O6/c1-17(8-11-26(34)36-28(3,4)5)21-9-10-22-27-23(16-25(33)30(21,22)7)29(6)13-12-20(35-18(2)31)14-19(29)15-24(27)32/h17,19-25,27,32-33H,8-16H2,1-7H3. The summed E-state index contributed by atoms with van der Waals surface area (Å²) in [6.07, 6.45) is 6.57. The smallest absolute Gasteiger partial charge is 0.306 e. The molecule has 0 radical (unpaired) electrons. The van der Waals surface area contributed by atoms with Crippen molar-refractivity contribution in [2.24, 2.45) is 46.3 Å². The Kier molecular flexibility index (Phi) is 7.65. The van der Waals surface area contributed by atoms with Crippen LogP contribution in [-0.4, -0.2) is 46.1 Å². The summed E-state index contributed by atoms with van der Waals surface area (Å²) in [4.78, 5) is 23.9. The summed E-state index contributed by atoms with van der Waals surface area (Å²) in [5, 5.41) is 23.3. The fourth-order valence-electron chi connectivity index (χ4n) is 9.40. The van der Waals surface area contributed by atoms with E-state index in [-0.39, 0.29) is 46.8 Å². The second kappa shape index (κ2) is 9.87. The number of carbonyl (C=O) groups is 2. The van der Waals surface area contributed by atoms with Gasteiger partial charge in [0.25, 0.3) is 0 Å². The van der Waals surface area contributed by atoms with Crippen LogP contribution in [0.5, 0.6) is 0 Å². The fraction of sp³-hybridized carbons (Fsp3) is 0.933. The van der Waals surface area contributed by atoms with Crippen molar-refractivity contribution in [1.82, 2.24) is 0 Å². The van der Waals surface area contributed by atoms with Crippen LogP contribution in [0.4, 0.5) is 0 Å². The number of aliphatic hydroxyl groups is 2.